The van der Waals surface area contributed by atoms with Crippen LogP contribution in [0.5, 0.6) is 0 Å². The topological polar surface area (TPSA) is 59.3 Å². The molecule has 1 atom stereocenters. The van der Waals surface area contributed by atoms with Crippen molar-refractivity contribution in [3.05, 3.63) is 76.4 Å². The van der Waals surface area contributed by atoms with Crippen LogP contribution in [0.15, 0.2) is 64.4 Å². The van der Waals surface area contributed by atoms with Crippen LogP contribution in [0, 0.1) is 0 Å². The Morgan fingerprint density at radius 2 is 1.83 bits per heavy atom. The van der Waals surface area contributed by atoms with E-state index in [1.807, 2.05) is 30.3 Å². The molecule has 0 fully saturated rings. The lowest BCUT2D eigenvalue weighted by atomic mass is 10.2. The first-order chi connectivity index (χ1) is 11.4. The van der Waals surface area contributed by atoms with Crippen LogP contribution < -0.4 is 4.72 Å². The normalized spacial score (nSPS) is 13.6. The zero-order valence-corrected chi connectivity index (χ0v) is 14.5. The van der Waals surface area contributed by atoms with Gasteiger partial charge in [0.25, 0.3) is 0 Å². The molecule has 0 aliphatic heterocycles. The molecule has 1 aromatic heterocycles. The van der Waals surface area contributed by atoms with Crippen LogP contribution in [0.25, 0.3) is 17.0 Å². The lowest BCUT2D eigenvalue weighted by molar-refractivity contribution is 0.487. The third kappa shape index (κ3) is 4.06. The van der Waals surface area contributed by atoms with Gasteiger partial charge in [0.1, 0.15) is 11.3 Å². The fourth-order valence-corrected chi connectivity index (χ4v) is 3.45. The SMILES string of the molecule is C[C@@H](NS(=O)(=O)/C=C/c1ccc(Cl)cc1)c1cc2ccccc2o1. The Hall–Kier alpha value is -2.08. The molecule has 0 saturated carbocycles. The fraction of sp³-hybridized carbons (Fsp3) is 0.111. The largest absolute Gasteiger partial charge is 0.459 e. The lowest BCUT2D eigenvalue weighted by Gasteiger charge is -2.09. The zero-order valence-electron chi connectivity index (χ0n) is 12.9. The summed E-state index contributed by atoms with van der Waals surface area (Å²) in [5, 5.41) is 2.68. The van der Waals surface area contributed by atoms with E-state index >= 15 is 0 Å². The predicted molar refractivity (Wildman–Crippen MR) is 97.2 cm³/mol. The second-order valence-corrected chi connectivity index (χ2v) is 7.46. The Balaban J connectivity index is 1.74. The Kier molecular flexibility index (Phi) is 4.76. The first kappa shape index (κ1) is 16.8. The van der Waals surface area contributed by atoms with Crippen molar-refractivity contribution < 1.29 is 12.8 Å². The number of hydrogen-bond acceptors (Lipinski definition) is 3. The Labute approximate surface area is 145 Å². The Morgan fingerprint density at radius 3 is 2.54 bits per heavy atom. The van der Waals surface area contributed by atoms with Crippen molar-refractivity contribution >= 4 is 38.7 Å². The van der Waals surface area contributed by atoms with E-state index in [1.54, 1.807) is 31.2 Å². The standard InChI is InChI=1S/C18H16ClNO3S/c1-13(18-12-15-4-2-3-5-17(15)23-18)20-24(21,22)11-10-14-6-8-16(19)9-7-14/h2-13,20H,1H3/b11-10+/t13-/m1/s1. The molecular weight excluding hydrogens is 346 g/mol. The Bertz CT molecular complexity index is 942. The summed E-state index contributed by atoms with van der Waals surface area (Å²) in [6.45, 7) is 1.74. The zero-order chi connectivity index (χ0) is 17.2. The molecule has 24 heavy (non-hydrogen) atoms. The third-order valence-corrected chi connectivity index (χ3v) is 4.95. The van der Waals surface area contributed by atoms with Crippen molar-refractivity contribution in [1.82, 2.24) is 4.72 Å². The highest BCUT2D eigenvalue weighted by atomic mass is 35.5. The third-order valence-electron chi connectivity index (χ3n) is 3.52. The molecule has 0 amide bonds. The van der Waals surface area contributed by atoms with Crippen molar-refractivity contribution in [1.29, 1.82) is 0 Å². The second-order valence-electron chi connectivity index (χ2n) is 5.43. The average molecular weight is 362 g/mol. The van der Waals surface area contributed by atoms with Gasteiger partial charge in [0.05, 0.1) is 6.04 Å². The molecule has 0 radical (unpaired) electrons. The van der Waals surface area contributed by atoms with Gasteiger partial charge in [-0.3, -0.25) is 0 Å². The maximum absolute atomic E-state index is 12.2. The van der Waals surface area contributed by atoms with Crippen LogP contribution in [0.3, 0.4) is 0 Å². The van der Waals surface area contributed by atoms with Gasteiger partial charge in [-0.2, -0.15) is 0 Å². The molecule has 124 valence electrons. The smallest absolute Gasteiger partial charge is 0.234 e. The van der Waals surface area contributed by atoms with Crippen LogP contribution in [0.2, 0.25) is 5.02 Å². The first-order valence-corrected chi connectivity index (χ1v) is 9.30. The van der Waals surface area contributed by atoms with E-state index < -0.39 is 16.1 Å². The van der Waals surface area contributed by atoms with Gasteiger partial charge in [0, 0.05) is 15.8 Å². The molecule has 0 aliphatic carbocycles. The highest BCUT2D eigenvalue weighted by molar-refractivity contribution is 7.92. The van der Waals surface area contributed by atoms with Gasteiger partial charge in [-0.15, -0.1) is 0 Å². The number of para-hydroxylation sites is 1. The van der Waals surface area contributed by atoms with Gasteiger partial charge >= 0.3 is 0 Å². The summed E-state index contributed by atoms with van der Waals surface area (Å²) < 4.78 is 32.7. The molecule has 1 N–H and O–H groups in total. The van der Waals surface area contributed by atoms with E-state index in [0.717, 1.165) is 21.9 Å². The lowest BCUT2D eigenvalue weighted by Crippen LogP contribution is -2.24. The van der Waals surface area contributed by atoms with Crippen LogP contribution >= 0.6 is 11.6 Å². The number of halogens is 1. The van der Waals surface area contributed by atoms with E-state index in [4.69, 9.17) is 16.0 Å². The summed E-state index contributed by atoms with van der Waals surface area (Å²) in [7, 11) is -3.60. The second kappa shape index (κ2) is 6.81. The molecule has 6 heteroatoms. The summed E-state index contributed by atoms with van der Waals surface area (Å²) >= 11 is 5.81. The van der Waals surface area contributed by atoms with Crippen LogP contribution in [-0.4, -0.2) is 8.42 Å². The van der Waals surface area contributed by atoms with Gasteiger partial charge in [-0.25, -0.2) is 13.1 Å². The van der Waals surface area contributed by atoms with Crippen LogP contribution in [0.1, 0.15) is 24.3 Å². The first-order valence-electron chi connectivity index (χ1n) is 7.37. The molecule has 0 unspecified atom stereocenters. The number of fused-ring (bicyclic) bond motifs is 1. The number of sulfonamides is 1. The summed E-state index contributed by atoms with van der Waals surface area (Å²) in [5.41, 5.74) is 1.48. The Morgan fingerprint density at radius 1 is 1.12 bits per heavy atom. The summed E-state index contributed by atoms with van der Waals surface area (Å²) in [5.74, 6) is 0.569. The molecule has 0 bridgehead atoms. The van der Waals surface area contributed by atoms with Crippen molar-refractivity contribution in [2.45, 2.75) is 13.0 Å². The van der Waals surface area contributed by atoms with Crippen LogP contribution in [0.4, 0.5) is 0 Å². The van der Waals surface area contributed by atoms with E-state index in [2.05, 4.69) is 4.72 Å². The average Bonchev–Trinajstić information content (AvgIpc) is 2.98. The fourth-order valence-electron chi connectivity index (χ4n) is 2.30. The predicted octanol–water partition coefficient (Wildman–Crippen LogP) is 4.74. The minimum Gasteiger partial charge on any atom is -0.459 e. The monoisotopic (exact) mass is 361 g/mol. The van der Waals surface area contributed by atoms with Gasteiger partial charge in [0.15, 0.2) is 0 Å². The van der Waals surface area contributed by atoms with E-state index in [-0.39, 0.29) is 0 Å². The van der Waals surface area contributed by atoms with E-state index in [0.29, 0.717) is 10.8 Å². The van der Waals surface area contributed by atoms with Crippen molar-refractivity contribution in [2.75, 3.05) is 0 Å². The maximum atomic E-state index is 12.2. The van der Waals surface area contributed by atoms with Gasteiger partial charge < -0.3 is 4.42 Å². The number of hydrogen-bond donors (Lipinski definition) is 1. The highest BCUT2D eigenvalue weighted by Crippen LogP contribution is 2.24. The minimum absolute atomic E-state index is 0.475. The molecule has 0 saturated heterocycles. The molecule has 2 aromatic carbocycles. The highest BCUT2D eigenvalue weighted by Gasteiger charge is 2.16. The number of furan rings is 1. The molecular formula is C18H16ClNO3S. The maximum Gasteiger partial charge on any atom is 0.234 e. The molecule has 3 rings (SSSR count). The summed E-state index contributed by atoms with van der Waals surface area (Å²) in [6, 6.07) is 15.8. The van der Waals surface area contributed by atoms with Gasteiger partial charge in [-0.1, -0.05) is 41.9 Å². The number of rotatable bonds is 5. The van der Waals surface area contributed by atoms with Gasteiger partial charge in [0.2, 0.25) is 10.0 Å². The molecule has 3 aromatic rings. The summed E-state index contributed by atoms with van der Waals surface area (Å²) in [6.07, 6.45) is 1.52. The molecule has 1 heterocycles. The molecule has 0 aliphatic rings. The van der Waals surface area contributed by atoms with E-state index in [9.17, 15) is 8.42 Å². The van der Waals surface area contributed by atoms with Crippen molar-refractivity contribution in [3.8, 4) is 0 Å². The number of nitrogens with one attached hydrogen (secondary N) is 1. The molecule has 4 nitrogen and oxygen atoms in total. The molecule has 0 spiro atoms. The number of benzene rings is 2. The van der Waals surface area contributed by atoms with Crippen molar-refractivity contribution in [3.63, 3.8) is 0 Å². The van der Waals surface area contributed by atoms with Gasteiger partial charge in [-0.05, 0) is 42.8 Å². The van der Waals surface area contributed by atoms with Crippen LogP contribution in [-0.2, 0) is 10.0 Å². The van der Waals surface area contributed by atoms with E-state index in [1.165, 1.54) is 6.08 Å². The summed E-state index contributed by atoms with van der Waals surface area (Å²) in [4.78, 5) is 0. The van der Waals surface area contributed by atoms with Crippen molar-refractivity contribution in [2.24, 2.45) is 0 Å². The minimum atomic E-state index is -3.60. The quantitative estimate of drug-likeness (QED) is 0.714.